The molecule has 0 fully saturated rings. The molecular weight excluding hydrogens is 503 g/mol. The van der Waals surface area contributed by atoms with Gasteiger partial charge in [-0.2, -0.15) is 0 Å². The maximum absolute atomic E-state index is 3.55. The lowest BCUT2D eigenvalue weighted by atomic mass is 9.90. The maximum atomic E-state index is 3.55. The molecule has 166 valence electrons. The van der Waals surface area contributed by atoms with Crippen LogP contribution in [0.4, 0.5) is 0 Å². The molecule has 0 bridgehead atoms. The first kappa shape index (κ1) is 24.6. The minimum atomic E-state index is -1.37. The molecule has 2 aromatic carbocycles. The van der Waals surface area contributed by atoms with Gasteiger partial charge in [0.15, 0.2) is 0 Å². The van der Waals surface area contributed by atoms with Gasteiger partial charge in [0.2, 0.25) is 0 Å². The van der Waals surface area contributed by atoms with E-state index in [0.717, 1.165) is 0 Å². The van der Waals surface area contributed by atoms with Crippen LogP contribution in [-0.4, -0.2) is 8.07 Å². The highest BCUT2D eigenvalue weighted by Crippen LogP contribution is 2.25. The Balaban J connectivity index is 1.99. The van der Waals surface area contributed by atoms with Gasteiger partial charge in [-0.25, -0.2) is 0 Å². The van der Waals surface area contributed by atoms with Crippen LogP contribution in [0.3, 0.4) is 0 Å². The molecule has 1 aliphatic carbocycles. The summed E-state index contributed by atoms with van der Waals surface area (Å²) in [6.07, 6.45) is 13.2. The van der Waals surface area contributed by atoms with Gasteiger partial charge in [-0.05, 0) is 92.4 Å². The van der Waals surface area contributed by atoms with Crippen LogP contribution in [0.2, 0.25) is 19.6 Å². The fraction of sp³-hybridized carbons (Fsp3) is 0.517. The van der Waals surface area contributed by atoms with Crippen LogP contribution < -0.4 is 0 Å². The van der Waals surface area contributed by atoms with E-state index in [2.05, 4.69) is 91.8 Å². The molecule has 0 spiro atoms. The Hall–Kier alpha value is -1.05. The van der Waals surface area contributed by atoms with Crippen LogP contribution in [0.25, 0.3) is 0 Å². The van der Waals surface area contributed by atoms with E-state index >= 15 is 0 Å². The summed E-state index contributed by atoms with van der Waals surface area (Å²) in [5.74, 6) is 3.50. The molecule has 0 nitrogen and oxygen atoms in total. The molecule has 3 rings (SSSR count). The number of hydrogen-bond donors (Lipinski definition) is 0. The molecule has 1 aliphatic rings. The summed E-state index contributed by atoms with van der Waals surface area (Å²) in [6.45, 7) is 11.5. The molecule has 0 atom stereocenters. The first-order valence-electron chi connectivity index (χ1n) is 12.4. The van der Waals surface area contributed by atoms with Crippen LogP contribution in [-0.2, 0) is 12.8 Å². The van der Waals surface area contributed by atoms with Crippen molar-refractivity contribution >= 4 is 30.7 Å². The van der Waals surface area contributed by atoms with Gasteiger partial charge in [-0.1, -0.05) is 90.1 Å². The van der Waals surface area contributed by atoms with Crippen molar-refractivity contribution in [3.63, 3.8) is 0 Å². The van der Waals surface area contributed by atoms with Crippen LogP contribution >= 0.6 is 22.6 Å². The molecule has 0 N–H and O–H groups in total. The highest BCUT2D eigenvalue weighted by atomic mass is 127. The minimum absolute atomic E-state index is 1.21. The Morgan fingerprint density at radius 3 is 1.65 bits per heavy atom. The van der Waals surface area contributed by atoms with Crippen molar-refractivity contribution in [2.24, 2.45) is 0 Å². The van der Waals surface area contributed by atoms with E-state index in [9.17, 15) is 0 Å². The van der Waals surface area contributed by atoms with E-state index in [4.69, 9.17) is 0 Å². The van der Waals surface area contributed by atoms with Crippen molar-refractivity contribution in [2.45, 2.75) is 97.7 Å². The van der Waals surface area contributed by atoms with Crippen LogP contribution in [0, 0.1) is 35.9 Å². The van der Waals surface area contributed by atoms with Crippen molar-refractivity contribution in [1.82, 2.24) is 0 Å². The van der Waals surface area contributed by atoms with Gasteiger partial charge >= 0.3 is 0 Å². The zero-order valence-corrected chi connectivity index (χ0v) is 23.4. The lowest BCUT2D eigenvalue weighted by Crippen LogP contribution is -2.16. The van der Waals surface area contributed by atoms with E-state index < -0.39 is 8.07 Å². The SMILES string of the molecule is CCCCCCc1cc2c(cc1CCCCCC)=c1cc(C#C[Si](C)(C)C)c(I)cc1=2. The van der Waals surface area contributed by atoms with Crippen LogP contribution in [0.5, 0.6) is 0 Å². The number of halogens is 1. The van der Waals surface area contributed by atoms with Gasteiger partial charge in [0.1, 0.15) is 8.07 Å². The second-order valence-electron chi connectivity index (χ2n) is 10.2. The Labute approximate surface area is 204 Å². The molecule has 2 aromatic rings. The maximum Gasteiger partial charge on any atom is 0.129 e. The normalized spacial score (nSPS) is 11.9. The second-order valence-corrected chi connectivity index (χ2v) is 16.1. The Morgan fingerprint density at radius 1 is 0.677 bits per heavy atom. The van der Waals surface area contributed by atoms with E-state index in [1.165, 1.54) is 94.2 Å². The van der Waals surface area contributed by atoms with E-state index in [1.54, 1.807) is 11.1 Å². The number of rotatable bonds is 10. The molecule has 0 unspecified atom stereocenters. The van der Waals surface area contributed by atoms with Gasteiger partial charge in [0.25, 0.3) is 0 Å². The largest absolute Gasteiger partial charge is 0.129 e. The Kier molecular flexibility index (Phi) is 8.88. The van der Waals surface area contributed by atoms with Gasteiger partial charge < -0.3 is 0 Å². The summed E-state index contributed by atoms with van der Waals surface area (Å²) < 4.78 is 1.29. The first-order chi connectivity index (χ1) is 14.8. The number of hydrogen-bond acceptors (Lipinski definition) is 0. The number of fused-ring (bicyclic) bond motifs is 2. The summed E-state index contributed by atoms with van der Waals surface area (Å²) in [7, 11) is -1.37. The lowest BCUT2D eigenvalue weighted by molar-refractivity contribution is 0.650. The third-order valence-corrected chi connectivity index (χ3v) is 7.97. The van der Waals surface area contributed by atoms with Crippen LogP contribution in [0.15, 0.2) is 24.3 Å². The molecule has 0 aliphatic heterocycles. The van der Waals surface area contributed by atoms with Crippen molar-refractivity contribution in [1.29, 1.82) is 0 Å². The monoisotopic (exact) mass is 542 g/mol. The molecule has 0 saturated carbocycles. The topological polar surface area (TPSA) is 0 Å². The first-order valence-corrected chi connectivity index (χ1v) is 16.9. The Bertz CT molecular complexity index is 1160. The van der Waals surface area contributed by atoms with Crippen molar-refractivity contribution < 1.29 is 0 Å². The lowest BCUT2D eigenvalue weighted by Gasteiger charge is -2.15. The molecular formula is C29H39ISi. The molecule has 0 amide bonds. The van der Waals surface area contributed by atoms with E-state index in [0.29, 0.717) is 0 Å². The zero-order chi connectivity index (χ0) is 22.4. The second kappa shape index (κ2) is 11.2. The van der Waals surface area contributed by atoms with E-state index in [1.807, 2.05) is 0 Å². The standard InChI is InChI=1S/C29H39ISi/c1-6-8-10-12-14-22-18-25-26(19-23(22)15-13-11-9-7-2)28-21-29(30)24(20-27(25)28)16-17-31(3,4)5/h18-21H,6-15H2,1-5H3. The summed E-state index contributed by atoms with van der Waals surface area (Å²) in [5.41, 5.74) is 7.97. The summed E-state index contributed by atoms with van der Waals surface area (Å²) in [6, 6.07) is 9.78. The predicted molar refractivity (Wildman–Crippen MR) is 147 cm³/mol. The highest BCUT2D eigenvalue weighted by molar-refractivity contribution is 14.1. The van der Waals surface area contributed by atoms with Crippen molar-refractivity contribution in [3.05, 3.63) is 65.4 Å². The summed E-state index contributed by atoms with van der Waals surface area (Å²) in [4.78, 5) is 0. The number of aryl methyl sites for hydroxylation is 2. The third kappa shape index (κ3) is 6.48. The smallest absolute Gasteiger partial charge is 0.127 e. The average Bonchev–Trinajstić information content (AvgIpc) is 2.72. The average molecular weight is 543 g/mol. The number of benzene rings is 2. The van der Waals surface area contributed by atoms with Crippen molar-refractivity contribution in [3.8, 4) is 11.5 Å². The van der Waals surface area contributed by atoms with E-state index in [-0.39, 0.29) is 0 Å². The fourth-order valence-electron chi connectivity index (χ4n) is 4.39. The zero-order valence-electron chi connectivity index (χ0n) is 20.3. The molecule has 0 aromatic heterocycles. The summed E-state index contributed by atoms with van der Waals surface area (Å²) in [5, 5.41) is 5.79. The molecule has 31 heavy (non-hydrogen) atoms. The van der Waals surface area contributed by atoms with Crippen molar-refractivity contribution in [2.75, 3.05) is 0 Å². The third-order valence-electron chi connectivity index (χ3n) is 6.20. The quantitative estimate of drug-likeness (QED) is 0.104. The van der Waals surface area contributed by atoms with Gasteiger partial charge in [-0.15, -0.1) is 5.54 Å². The van der Waals surface area contributed by atoms with Gasteiger partial charge in [0.05, 0.1) is 0 Å². The molecule has 0 saturated heterocycles. The fourth-order valence-corrected chi connectivity index (χ4v) is 5.50. The van der Waals surface area contributed by atoms with Gasteiger partial charge in [-0.3, -0.25) is 0 Å². The predicted octanol–water partition coefficient (Wildman–Crippen LogP) is 8.65. The molecule has 2 heteroatoms. The number of unbranched alkanes of at least 4 members (excludes halogenated alkanes) is 6. The molecule has 0 heterocycles. The van der Waals surface area contributed by atoms with Crippen LogP contribution in [0.1, 0.15) is 81.9 Å². The van der Waals surface area contributed by atoms with Gasteiger partial charge in [0, 0.05) is 9.13 Å². The highest BCUT2D eigenvalue weighted by Gasteiger charge is 2.12. The summed E-state index contributed by atoms with van der Waals surface area (Å²) >= 11 is 2.47. The minimum Gasteiger partial charge on any atom is -0.127 e. The Morgan fingerprint density at radius 2 is 1.16 bits per heavy atom. The molecule has 0 radical (unpaired) electrons.